The van der Waals surface area contributed by atoms with E-state index in [1.165, 1.54) is 0 Å². The number of para-hydroxylation sites is 1. The van der Waals surface area contributed by atoms with E-state index in [4.69, 9.17) is 14.2 Å². The van der Waals surface area contributed by atoms with Crippen LogP contribution in [0, 0.1) is 0 Å². The van der Waals surface area contributed by atoms with Gasteiger partial charge in [-0.15, -0.1) is 0 Å². The van der Waals surface area contributed by atoms with Crippen LogP contribution in [0.25, 0.3) is 10.9 Å². The summed E-state index contributed by atoms with van der Waals surface area (Å²) < 4.78 is 18.4. The molecule has 3 aromatic rings. The average Bonchev–Trinajstić information content (AvgIpc) is 3.16. The molecule has 1 aliphatic heterocycles. The lowest BCUT2D eigenvalue weighted by molar-refractivity contribution is -0.134. The first kappa shape index (κ1) is 25.4. The maximum absolute atomic E-state index is 13.8. The predicted octanol–water partition coefficient (Wildman–Crippen LogP) is 4.22. The van der Waals surface area contributed by atoms with Crippen molar-refractivity contribution < 1.29 is 23.8 Å². The lowest BCUT2D eigenvalue weighted by atomic mass is 9.97. The van der Waals surface area contributed by atoms with Crippen LogP contribution in [0.3, 0.4) is 0 Å². The van der Waals surface area contributed by atoms with Crippen LogP contribution in [-0.4, -0.2) is 53.9 Å². The van der Waals surface area contributed by atoms with Gasteiger partial charge in [0.05, 0.1) is 14.2 Å². The number of aromatic nitrogens is 1. The number of rotatable bonds is 6. The van der Waals surface area contributed by atoms with E-state index >= 15 is 0 Å². The number of hydrogen-bond donors (Lipinski definition) is 1. The molecular weight excluding hydrogens is 458 g/mol. The molecule has 0 bridgehead atoms. The number of nitrogens with one attached hydrogen (secondary N) is 1. The van der Waals surface area contributed by atoms with E-state index in [9.17, 15) is 9.59 Å². The van der Waals surface area contributed by atoms with Crippen molar-refractivity contribution in [1.82, 2.24) is 14.8 Å². The molecule has 0 spiro atoms. The lowest BCUT2D eigenvalue weighted by Gasteiger charge is -2.33. The second kappa shape index (κ2) is 10.1. The highest BCUT2D eigenvalue weighted by molar-refractivity contribution is 5.89. The Morgan fingerprint density at radius 2 is 1.72 bits per heavy atom. The van der Waals surface area contributed by atoms with Crippen LogP contribution in [0.15, 0.2) is 42.6 Å². The second-order valence-corrected chi connectivity index (χ2v) is 10.2. The predicted molar refractivity (Wildman–Crippen MR) is 138 cm³/mol. The van der Waals surface area contributed by atoms with Gasteiger partial charge in [0.25, 0.3) is 0 Å². The summed E-state index contributed by atoms with van der Waals surface area (Å²) in [5.41, 5.74) is 3.53. The van der Waals surface area contributed by atoms with Gasteiger partial charge < -0.3 is 29.0 Å². The van der Waals surface area contributed by atoms with Crippen molar-refractivity contribution in [3.8, 4) is 11.5 Å². The van der Waals surface area contributed by atoms with Gasteiger partial charge in [-0.3, -0.25) is 4.79 Å². The largest absolute Gasteiger partial charge is 0.493 e. The minimum atomic E-state index is -0.771. The quantitative estimate of drug-likeness (QED) is 0.556. The van der Waals surface area contributed by atoms with E-state index in [1.807, 2.05) is 54.2 Å². The zero-order chi connectivity index (χ0) is 26.0. The van der Waals surface area contributed by atoms with Crippen LogP contribution in [0.1, 0.15) is 37.5 Å². The van der Waals surface area contributed by atoms with Gasteiger partial charge in [-0.2, -0.15) is 0 Å². The summed E-state index contributed by atoms with van der Waals surface area (Å²) in [4.78, 5) is 28.3. The number of alkyl carbamates (subject to hydrolysis) is 1. The van der Waals surface area contributed by atoms with Gasteiger partial charge in [0, 0.05) is 43.7 Å². The second-order valence-electron chi connectivity index (χ2n) is 10.2. The number of nitrogens with zero attached hydrogens (tertiary/aromatic N) is 2. The van der Waals surface area contributed by atoms with Gasteiger partial charge in [0.15, 0.2) is 11.5 Å². The van der Waals surface area contributed by atoms with Gasteiger partial charge in [0.2, 0.25) is 5.91 Å². The molecule has 1 atom stereocenters. The number of aryl methyl sites for hydroxylation is 1. The van der Waals surface area contributed by atoms with Gasteiger partial charge in [-0.1, -0.05) is 18.2 Å². The maximum Gasteiger partial charge on any atom is 0.408 e. The lowest BCUT2D eigenvalue weighted by Crippen LogP contribution is -2.51. The van der Waals surface area contributed by atoms with Gasteiger partial charge in [-0.25, -0.2) is 4.79 Å². The molecule has 0 fully saturated rings. The summed E-state index contributed by atoms with van der Waals surface area (Å²) in [6.45, 7) is 6.38. The van der Waals surface area contributed by atoms with Gasteiger partial charge in [0.1, 0.15) is 11.6 Å². The highest BCUT2D eigenvalue weighted by atomic mass is 16.6. The fourth-order valence-electron chi connectivity index (χ4n) is 4.75. The van der Waals surface area contributed by atoms with Crippen molar-refractivity contribution in [2.45, 2.75) is 51.8 Å². The van der Waals surface area contributed by atoms with Crippen LogP contribution in [-0.2, 0) is 36.0 Å². The van der Waals surface area contributed by atoms with Crippen LogP contribution >= 0.6 is 0 Å². The first-order valence-electron chi connectivity index (χ1n) is 12.1. The van der Waals surface area contributed by atoms with E-state index in [1.54, 1.807) is 39.9 Å². The highest BCUT2D eigenvalue weighted by Crippen LogP contribution is 2.33. The molecule has 0 radical (unpaired) electrons. The molecule has 1 N–H and O–H groups in total. The first-order chi connectivity index (χ1) is 17.1. The number of carbonyl (C=O) groups is 2. The summed E-state index contributed by atoms with van der Waals surface area (Å²) in [5, 5.41) is 3.91. The van der Waals surface area contributed by atoms with E-state index in [2.05, 4.69) is 5.32 Å². The SMILES string of the molecule is COc1cc2c(cc1OC)CN(C(=O)[C@H](Cc1cn(C)c3ccccc13)NC(=O)OC(C)(C)C)CC2. The van der Waals surface area contributed by atoms with Gasteiger partial charge >= 0.3 is 6.09 Å². The Bertz CT molecular complexity index is 1270. The Hall–Kier alpha value is -3.68. The number of carbonyl (C=O) groups excluding carboxylic acids is 2. The molecule has 1 aliphatic rings. The average molecular weight is 494 g/mol. The molecule has 1 aromatic heterocycles. The first-order valence-corrected chi connectivity index (χ1v) is 12.1. The smallest absolute Gasteiger partial charge is 0.408 e. The van der Waals surface area contributed by atoms with Crippen molar-refractivity contribution in [2.24, 2.45) is 7.05 Å². The number of amides is 2. The minimum Gasteiger partial charge on any atom is -0.493 e. The number of ether oxygens (including phenoxy) is 3. The summed E-state index contributed by atoms with van der Waals surface area (Å²) in [5.74, 6) is 1.16. The van der Waals surface area contributed by atoms with Gasteiger partial charge in [-0.05, 0) is 62.1 Å². The molecule has 8 nitrogen and oxygen atoms in total. The zero-order valence-corrected chi connectivity index (χ0v) is 21.9. The molecule has 8 heteroatoms. The Balaban J connectivity index is 1.61. The fourth-order valence-corrected chi connectivity index (χ4v) is 4.75. The zero-order valence-electron chi connectivity index (χ0n) is 21.9. The standard InChI is InChI=1S/C28H35N3O5/c1-28(2,3)36-27(33)29-22(13-20-16-30(4)23-10-8-7-9-21(20)23)26(32)31-12-11-18-14-24(34-5)25(35-6)15-19(18)17-31/h7-10,14-16,22H,11-13,17H2,1-6H3,(H,29,33)/t22-/m0/s1. The van der Waals surface area contributed by atoms with Crippen molar-refractivity contribution in [1.29, 1.82) is 0 Å². The summed E-state index contributed by atoms with van der Waals surface area (Å²) in [6, 6.07) is 11.2. The Kier molecular flexibility index (Phi) is 7.15. The molecule has 192 valence electrons. The van der Waals surface area contributed by atoms with Crippen molar-refractivity contribution in [2.75, 3.05) is 20.8 Å². The van der Waals surface area contributed by atoms with Crippen LogP contribution in [0.2, 0.25) is 0 Å². The van der Waals surface area contributed by atoms with E-state index < -0.39 is 17.7 Å². The van der Waals surface area contributed by atoms with Crippen molar-refractivity contribution in [3.63, 3.8) is 0 Å². The van der Waals surface area contributed by atoms with Crippen LogP contribution in [0.5, 0.6) is 11.5 Å². The molecule has 2 heterocycles. The highest BCUT2D eigenvalue weighted by Gasteiger charge is 2.31. The topological polar surface area (TPSA) is 82.0 Å². The summed E-state index contributed by atoms with van der Waals surface area (Å²) >= 11 is 0. The van der Waals surface area contributed by atoms with Crippen molar-refractivity contribution >= 4 is 22.9 Å². The molecule has 36 heavy (non-hydrogen) atoms. The molecule has 0 saturated heterocycles. The Morgan fingerprint density at radius 1 is 1.06 bits per heavy atom. The van der Waals surface area contributed by atoms with E-state index in [-0.39, 0.29) is 5.91 Å². The monoisotopic (exact) mass is 493 g/mol. The van der Waals surface area contributed by atoms with Crippen LogP contribution in [0.4, 0.5) is 4.79 Å². The fraction of sp³-hybridized carbons (Fsp3) is 0.429. The number of fused-ring (bicyclic) bond motifs is 2. The minimum absolute atomic E-state index is 0.144. The molecule has 0 aliphatic carbocycles. The Labute approximate surface area is 212 Å². The molecule has 2 amide bonds. The number of methoxy groups -OCH3 is 2. The third-order valence-electron chi connectivity index (χ3n) is 6.42. The maximum atomic E-state index is 13.8. The summed E-state index contributed by atoms with van der Waals surface area (Å²) in [6.07, 6.45) is 2.46. The number of benzene rings is 2. The van der Waals surface area contributed by atoms with Crippen molar-refractivity contribution in [3.05, 3.63) is 59.3 Å². The van der Waals surface area contributed by atoms with E-state index in [0.29, 0.717) is 37.4 Å². The molecule has 0 saturated carbocycles. The van der Waals surface area contributed by atoms with Crippen LogP contribution < -0.4 is 14.8 Å². The molecule has 0 unspecified atom stereocenters. The van der Waals surface area contributed by atoms with E-state index in [0.717, 1.165) is 27.6 Å². The normalized spacial score (nSPS) is 14.2. The molecular formula is C28H35N3O5. The third-order valence-corrected chi connectivity index (χ3v) is 6.42. The molecule has 4 rings (SSSR count). The molecule has 2 aromatic carbocycles. The third kappa shape index (κ3) is 5.42. The number of hydrogen-bond acceptors (Lipinski definition) is 5. The Morgan fingerprint density at radius 3 is 2.39 bits per heavy atom. The summed E-state index contributed by atoms with van der Waals surface area (Å²) in [7, 11) is 5.19.